The van der Waals surface area contributed by atoms with Crippen molar-refractivity contribution in [1.29, 1.82) is 10.5 Å². The molecule has 1 aromatic heterocycles. The Bertz CT molecular complexity index is 667. The maximum absolute atomic E-state index is 8.91. The first kappa shape index (κ1) is 11.9. The lowest BCUT2D eigenvalue weighted by Crippen LogP contribution is -1.95. The Hall–Kier alpha value is -2.56. The predicted octanol–water partition coefficient (Wildman–Crippen LogP) is 3.22. The van der Waals surface area contributed by atoms with Crippen molar-refractivity contribution in [3.8, 4) is 12.1 Å². The number of nitrogens with one attached hydrogen (secondary N) is 1. The number of anilines is 2. The lowest BCUT2D eigenvalue weighted by Gasteiger charge is -2.07. The molecule has 0 saturated carbocycles. The molecule has 86 valence electrons. The number of rotatable bonds is 2. The van der Waals surface area contributed by atoms with Crippen LogP contribution in [0, 0.1) is 22.7 Å². The van der Waals surface area contributed by atoms with E-state index in [4.69, 9.17) is 22.1 Å². The van der Waals surface area contributed by atoms with Crippen molar-refractivity contribution in [1.82, 2.24) is 4.98 Å². The van der Waals surface area contributed by atoms with Crippen LogP contribution in [0.4, 0.5) is 11.4 Å². The van der Waals surface area contributed by atoms with Gasteiger partial charge in [0.2, 0.25) is 0 Å². The molecule has 4 nitrogen and oxygen atoms in total. The number of hydrogen-bond acceptors (Lipinski definition) is 4. The van der Waals surface area contributed by atoms with Gasteiger partial charge in [0.25, 0.3) is 0 Å². The molecule has 0 amide bonds. The summed E-state index contributed by atoms with van der Waals surface area (Å²) < 4.78 is 0. The van der Waals surface area contributed by atoms with Gasteiger partial charge in [-0.3, -0.25) is 0 Å². The summed E-state index contributed by atoms with van der Waals surface area (Å²) in [5.74, 6) is 0. The van der Waals surface area contributed by atoms with Crippen LogP contribution in [0.5, 0.6) is 0 Å². The van der Waals surface area contributed by atoms with Gasteiger partial charge in [-0.05, 0) is 30.3 Å². The predicted molar refractivity (Wildman–Crippen MR) is 68.4 cm³/mol. The first-order chi connectivity index (χ1) is 8.74. The smallest absolute Gasteiger partial charge is 0.163 e. The minimum absolute atomic E-state index is 0.304. The van der Waals surface area contributed by atoms with E-state index in [1.54, 1.807) is 36.5 Å². The quantitative estimate of drug-likeness (QED) is 0.893. The molecular formula is C13H7ClN4. The molecule has 2 aromatic rings. The van der Waals surface area contributed by atoms with Gasteiger partial charge < -0.3 is 5.32 Å². The Morgan fingerprint density at radius 2 is 2.00 bits per heavy atom. The molecule has 1 N–H and O–H groups in total. The van der Waals surface area contributed by atoms with Crippen LogP contribution in [0.2, 0.25) is 5.02 Å². The minimum Gasteiger partial charge on any atom is -0.353 e. The van der Waals surface area contributed by atoms with Crippen LogP contribution in [-0.4, -0.2) is 4.98 Å². The van der Waals surface area contributed by atoms with E-state index >= 15 is 0 Å². The van der Waals surface area contributed by atoms with E-state index in [0.29, 0.717) is 27.7 Å². The fourth-order valence-corrected chi connectivity index (χ4v) is 1.66. The fourth-order valence-electron chi connectivity index (χ4n) is 1.43. The van der Waals surface area contributed by atoms with Gasteiger partial charge in [-0.25, -0.2) is 4.98 Å². The zero-order valence-electron chi connectivity index (χ0n) is 9.18. The van der Waals surface area contributed by atoms with Crippen LogP contribution in [0.25, 0.3) is 0 Å². The zero-order valence-corrected chi connectivity index (χ0v) is 9.94. The number of hydrogen-bond donors (Lipinski definition) is 1. The molecular weight excluding hydrogens is 248 g/mol. The molecule has 1 aromatic carbocycles. The number of aromatic nitrogens is 1. The third-order valence-electron chi connectivity index (χ3n) is 2.28. The Kier molecular flexibility index (Phi) is 3.43. The molecule has 0 spiro atoms. The van der Waals surface area contributed by atoms with E-state index < -0.39 is 0 Å². The van der Waals surface area contributed by atoms with Crippen molar-refractivity contribution in [2.75, 3.05) is 5.32 Å². The van der Waals surface area contributed by atoms with Gasteiger partial charge in [0.15, 0.2) is 5.69 Å². The minimum atomic E-state index is 0.304. The molecule has 0 aliphatic rings. The van der Waals surface area contributed by atoms with Gasteiger partial charge in [0, 0.05) is 11.9 Å². The summed E-state index contributed by atoms with van der Waals surface area (Å²) in [7, 11) is 0. The van der Waals surface area contributed by atoms with Crippen molar-refractivity contribution < 1.29 is 0 Å². The van der Waals surface area contributed by atoms with Gasteiger partial charge in [-0.15, -0.1) is 0 Å². The maximum atomic E-state index is 8.91. The van der Waals surface area contributed by atoms with Crippen LogP contribution in [0.15, 0.2) is 36.5 Å². The lowest BCUT2D eigenvalue weighted by atomic mass is 10.2. The SMILES string of the molecule is N#Cc1ccc(Nc2cccnc2C#N)cc1Cl. The molecule has 0 radical (unpaired) electrons. The summed E-state index contributed by atoms with van der Waals surface area (Å²) in [5.41, 5.74) is 2.01. The second kappa shape index (κ2) is 5.18. The van der Waals surface area contributed by atoms with Crippen LogP contribution >= 0.6 is 11.6 Å². The van der Waals surface area contributed by atoms with E-state index in [1.807, 2.05) is 12.1 Å². The number of halogens is 1. The van der Waals surface area contributed by atoms with E-state index in [-0.39, 0.29) is 0 Å². The average molecular weight is 255 g/mol. The van der Waals surface area contributed by atoms with Gasteiger partial charge >= 0.3 is 0 Å². The van der Waals surface area contributed by atoms with Gasteiger partial charge in [-0.1, -0.05) is 11.6 Å². The highest BCUT2D eigenvalue weighted by Gasteiger charge is 2.04. The topological polar surface area (TPSA) is 72.5 Å². The monoisotopic (exact) mass is 254 g/mol. The molecule has 2 rings (SSSR count). The van der Waals surface area contributed by atoms with Crippen molar-refractivity contribution >= 4 is 23.0 Å². The van der Waals surface area contributed by atoms with Crippen LogP contribution < -0.4 is 5.32 Å². The zero-order chi connectivity index (χ0) is 13.0. The second-order valence-corrected chi connectivity index (χ2v) is 3.85. The highest BCUT2D eigenvalue weighted by molar-refractivity contribution is 6.32. The molecule has 0 atom stereocenters. The summed E-state index contributed by atoms with van der Waals surface area (Å²) in [6, 6.07) is 12.4. The first-order valence-electron chi connectivity index (χ1n) is 5.06. The van der Waals surface area contributed by atoms with Gasteiger partial charge in [0.1, 0.15) is 12.1 Å². The molecule has 5 heteroatoms. The fraction of sp³-hybridized carbons (Fsp3) is 0. The number of benzene rings is 1. The summed E-state index contributed by atoms with van der Waals surface area (Å²) in [4.78, 5) is 3.94. The molecule has 1 heterocycles. The van der Waals surface area contributed by atoms with Crippen molar-refractivity contribution in [2.45, 2.75) is 0 Å². The second-order valence-electron chi connectivity index (χ2n) is 3.44. The maximum Gasteiger partial charge on any atom is 0.163 e. The Morgan fingerprint density at radius 1 is 1.17 bits per heavy atom. The summed E-state index contributed by atoms with van der Waals surface area (Å²) in [6.07, 6.45) is 1.55. The van der Waals surface area contributed by atoms with Crippen molar-refractivity contribution in [3.05, 3.63) is 52.8 Å². The Morgan fingerprint density at radius 3 is 2.67 bits per heavy atom. The third-order valence-corrected chi connectivity index (χ3v) is 2.59. The molecule has 0 bridgehead atoms. The summed E-state index contributed by atoms with van der Waals surface area (Å²) in [6.45, 7) is 0. The lowest BCUT2D eigenvalue weighted by molar-refractivity contribution is 1.26. The molecule has 0 unspecified atom stereocenters. The summed E-state index contributed by atoms with van der Waals surface area (Å²) in [5, 5.41) is 21.1. The molecule has 18 heavy (non-hydrogen) atoms. The normalized spacial score (nSPS) is 9.28. The number of pyridine rings is 1. The Labute approximate surface area is 109 Å². The van der Waals surface area contributed by atoms with Crippen LogP contribution in [0.1, 0.15) is 11.3 Å². The molecule has 0 saturated heterocycles. The van der Waals surface area contributed by atoms with E-state index in [1.165, 1.54) is 0 Å². The van der Waals surface area contributed by atoms with Crippen molar-refractivity contribution in [2.24, 2.45) is 0 Å². The molecule has 0 fully saturated rings. The molecule has 0 aliphatic carbocycles. The van der Waals surface area contributed by atoms with Crippen molar-refractivity contribution in [3.63, 3.8) is 0 Å². The standard InChI is InChI=1S/C13H7ClN4/c14-11-6-10(4-3-9(11)7-15)18-12-2-1-5-17-13(12)8-16/h1-6,18H. The van der Waals surface area contributed by atoms with Crippen LogP contribution in [-0.2, 0) is 0 Å². The largest absolute Gasteiger partial charge is 0.353 e. The third kappa shape index (κ3) is 2.40. The van der Waals surface area contributed by atoms with E-state index in [0.717, 1.165) is 0 Å². The number of nitriles is 2. The highest BCUT2D eigenvalue weighted by atomic mass is 35.5. The average Bonchev–Trinajstić information content (AvgIpc) is 2.39. The summed E-state index contributed by atoms with van der Waals surface area (Å²) >= 11 is 5.93. The molecule has 0 aliphatic heterocycles. The van der Waals surface area contributed by atoms with Gasteiger partial charge in [-0.2, -0.15) is 10.5 Å². The highest BCUT2D eigenvalue weighted by Crippen LogP contribution is 2.24. The van der Waals surface area contributed by atoms with Crippen LogP contribution in [0.3, 0.4) is 0 Å². The number of nitrogens with zero attached hydrogens (tertiary/aromatic N) is 3. The van der Waals surface area contributed by atoms with Gasteiger partial charge in [0.05, 0.1) is 16.3 Å². The first-order valence-corrected chi connectivity index (χ1v) is 5.44. The van der Waals surface area contributed by atoms with E-state index in [9.17, 15) is 0 Å². The Balaban J connectivity index is 2.33. The van der Waals surface area contributed by atoms with E-state index in [2.05, 4.69) is 10.3 Å².